The van der Waals surface area contributed by atoms with E-state index >= 15 is 0 Å². The average molecular weight is 262 g/mol. The maximum absolute atomic E-state index is 5.76. The van der Waals surface area contributed by atoms with Gasteiger partial charge in [-0.1, -0.05) is 30.7 Å². The van der Waals surface area contributed by atoms with Crippen molar-refractivity contribution in [2.45, 2.75) is 32.4 Å². The SMILES string of the molecule is CNCc1ccc(COCCN2CCCCC2)cc1. The zero-order valence-corrected chi connectivity index (χ0v) is 12.0. The molecule has 106 valence electrons. The molecule has 1 aliphatic rings. The molecule has 19 heavy (non-hydrogen) atoms. The summed E-state index contributed by atoms with van der Waals surface area (Å²) in [6, 6.07) is 8.65. The van der Waals surface area contributed by atoms with E-state index in [4.69, 9.17) is 4.74 Å². The van der Waals surface area contributed by atoms with Crippen molar-refractivity contribution >= 4 is 0 Å². The molecule has 1 aliphatic heterocycles. The van der Waals surface area contributed by atoms with Crippen molar-refractivity contribution in [3.05, 3.63) is 35.4 Å². The Morgan fingerprint density at radius 2 is 1.74 bits per heavy atom. The summed E-state index contributed by atoms with van der Waals surface area (Å²) in [5.74, 6) is 0. The summed E-state index contributed by atoms with van der Waals surface area (Å²) in [5.41, 5.74) is 2.58. The lowest BCUT2D eigenvalue weighted by Gasteiger charge is -2.26. The molecular formula is C16H26N2O. The third-order valence-electron chi connectivity index (χ3n) is 3.67. The normalized spacial score (nSPS) is 16.7. The molecule has 1 aromatic carbocycles. The lowest BCUT2D eigenvalue weighted by Crippen LogP contribution is -2.32. The van der Waals surface area contributed by atoms with Crippen molar-refractivity contribution in [2.24, 2.45) is 0 Å². The van der Waals surface area contributed by atoms with Gasteiger partial charge in [0.1, 0.15) is 0 Å². The Morgan fingerprint density at radius 3 is 2.42 bits per heavy atom. The van der Waals surface area contributed by atoms with Gasteiger partial charge in [0.2, 0.25) is 0 Å². The minimum atomic E-state index is 0.730. The van der Waals surface area contributed by atoms with Gasteiger partial charge >= 0.3 is 0 Å². The molecule has 2 rings (SSSR count). The first kappa shape index (κ1) is 14.5. The molecule has 0 amide bonds. The second-order valence-electron chi connectivity index (χ2n) is 5.30. The van der Waals surface area contributed by atoms with E-state index in [1.54, 1.807) is 0 Å². The predicted octanol–water partition coefficient (Wildman–Crippen LogP) is 2.41. The van der Waals surface area contributed by atoms with Crippen LogP contribution in [-0.2, 0) is 17.9 Å². The zero-order chi connectivity index (χ0) is 13.3. The molecule has 0 saturated carbocycles. The van der Waals surface area contributed by atoms with E-state index in [0.29, 0.717) is 0 Å². The molecular weight excluding hydrogens is 236 g/mol. The van der Waals surface area contributed by atoms with Crippen molar-refractivity contribution in [3.63, 3.8) is 0 Å². The highest BCUT2D eigenvalue weighted by Crippen LogP contribution is 2.09. The van der Waals surface area contributed by atoms with Gasteiger partial charge in [-0.2, -0.15) is 0 Å². The van der Waals surface area contributed by atoms with Crippen molar-refractivity contribution in [1.29, 1.82) is 0 Å². The van der Waals surface area contributed by atoms with Gasteiger partial charge in [-0.25, -0.2) is 0 Å². The minimum absolute atomic E-state index is 0.730. The van der Waals surface area contributed by atoms with E-state index in [0.717, 1.165) is 26.3 Å². The summed E-state index contributed by atoms with van der Waals surface area (Å²) in [6.07, 6.45) is 4.11. The summed E-state index contributed by atoms with van der Waals surface area (Å²) >= 11 is 0. The van der Waals surface area contributed by atoms with Crippen LogP contribution < -0.4 is 5.32 Å². The molecule has 1 fully saturated rings. The molecule has 3 nitrogen and oxygen atoms in total. The second kappa shape index (κ2) is 8.31. The zero-order valence-electron chi connectivity index (χ0n) is 12.0. The Kier molecular flexibility index (Phi) is 6.34. The van der Waals surface area contributed by atoms with E-state index in [9.17, 15) is 0 Å². The molecule has 0 atom stereocenters. The van der Waals surface area contributed by atoms with Crippen LogP contribution >= 0.6 is 0 Å². The summed E-state index contributed by atoms with van der Waals surface area (Å²) < 4.78 is 5.76. The number of nitrogens with one attached hydrogen (secondary N) is 1. The van der Waals surface area contributed by atoms with Crippen molar-refractivity contribution in [1.82, 2.24) is 10.2 Å². The quantitative estimate of drug-likeness (QED) is 0.764. The highest BCUT2D eigenvalue weighted by Gasteiger charge is 2.08. The van der Waals surface area contributed by atoms with Gasteiger partial charge < -0.3 is 15.0 Å². The molecule has 1 saturated heterocycles. The van der Waals surface area contributed by atoms with Gasteiger partial charge in [0, 0.05) is 13.1 Å². The predicted molar refractivity (Wildman–Crippen MR) is 79.2 cm³/mol. The summed E-state index contributed by atoms with van der Waals surface area (Å²) in [6.45, 7) is 6.09. The third-order valence-corrected chi connectivity index (χ3v) is 3.67. The fraction of sp³-hybridized carbons (Fsp3) is 0.625. The third kappa shape index (κ3) is 5.31. The molecule has 0 aliphatic carbocycles. The summed E-state index contributed by atoms with van der Waals surface area (Å²) in [5, 5.41) is 3.16. The first-order valence-corrected chi connectivity index (χ1v) is 7.41. The molecule has 1 N–H and O–H groups in total. The van der Waals surface area contributed by atoms with Gasteiger partial charge in [-0.05, 0) is 44.1 Å². The molecule has 3 heteroatoms. The molecule has 0 unspecified atom stereocenters. The number of benzene rings is 1. The number of likely N-dealkylation sites (tertiary alicyclic amines) is 1. The van der Waals surface area contributed by atoms with Gasteiger partial charge in [-0.15, -0.1) is 0 Å². The van der Waals surface area contributed by atoms with E-state index in [1.807, 2.05) is 7.05 Å². The highest BCUT2D eigenvalue weighted by molar-refractivity contribution is 5.21. The summed E-state index contributed by atoms with van der Waals surface area (Å²) in [7, 11) is 1.97. The number of piperidine rings is 1. The van der Waals surface area contributed by atoms with Crippen molar-refractivity contribution < 1.29 is 4.74 Å². The molecule has 0 radical (unpaired) electrons. The molecule has 0 bridgehead atoms. The number of hydrogen-bond acceptors (Lipinski definition) is 3. The Bertz CT molecular complexity index is 344. The van der Waals surface area contributed by atoms with Crippen LogP contribution in [0.4, 0.5) is 0 Å². The number of rotatable bonds is 7. The Balaban J connectivity index is 1.62. The topological polar surface area (TPSA) is 24.5 Å². The molecule has 0 spiro atoms. The fourth-order valence-corrected chi connectivity index (χ4v) is 2.52. The highest BCUT2D eigenvalue weighted by atomic mass is 16.5. The van der Waals surface area contributed by atoms with Crippen LogP contribution in [-0.4, -0.2) is 38.2 Å². The average Bonchev–Trinajstić information content (AvgIpc) is 2.47. The van der Waals surface area contributed by atoms with E-state index in [1.165, 1.54) is 43.5 Å². The molecule has 1 aromatic rings. The van der Waals surface area contributed by atoms with Crippen LogP contribution in [0.1, 0.15) is 30.4 Å². The minimum Gasteiger partial charge on any atom is -0.375 e. The lowest BCUT2D eigenvalue weighted by molar-refractivity contribution is 0.0863. The van der Waals surface area contributed by atoms with Crippen LogP contribution in [0.5, 0.6) is 0 Å². The smallest absolute Gasteiger partial charge is 0.0717 e. The van der Waals surface area contributed by atoms with Crippen LogP contribution in [0.2, 0.25) is 0 Å². The van der Waals surface area contributed by atoms with Crippen LogP contribution in [0.3, 0.4) is 0 Å². The number of ether oxygens (including phenoxy) is 1. The first-order valence-electron chi connectivity index (χ1n) is 7.41. The lowest BCUT2D eigenvalue weighted by atomic mass is 10.1. The van der Waals surface area contributed by atoms with Crippen molar-refractivity contribution in [2.75, 3.05) is 33.3 Å². The van der Waals surface area contributed by atoms with Gasteiger partial charge in [0.15, 0.2) is 0 Å². The van der Waals surface area contributed by atoms with E-state index in [-0.39, 0.29) is 0 Å². The summed E-state index contributed by atoms with van der Waals surface area (Å²) in [4.78, 5) is 2.51. The van der Waals surface area contributed by atoms with Crippen molar-refractivity contribution in [3.8, 4) is 0 Å². The fourth-order valence-electron chi connectivity index (χ4n) is 2.52. The maximum atomic E-state index is 5.76. The number of hydrogen-bond donors (Lipinski definition) is 1. The largest absolute Gasteiger partial charge is 0.375 e. The van der Waals surface area contributed by atoms with Gasteiger partial charge in [-0.3, -0.25) is 0 Å². The Morgan fingerprint density at radius 1 is 1.05 bits per heavy atom. The van der Waals surface area contributed by atoms with Gasteiger partial charge in [0.05, 0.1) is 13.2 Å². The molecule has 1 heterocycles. The monoisotopic (exact) mass is 262 g/mol. The van der Waals surface area contributed by atoms with Crippen LogP contribution in [0, 0.1) is 0 Å². The Labute approximate surface area is 116 Å². The van der Waals surface area contributed by atoms with E-state index < -0.39 is 0 Å². The van der Waals surface area contributed by atoms with Gasteiger partial charge in [0.25, 0.3) is 0 Å². The molecule has 0 aromatic heterocycles. The second-order valence-corrected chi connectivity index (χ2v) is 5.30. The van der Waals surface area contributed by atoms with Crippen LogP contribution in [0.25, 0.3) is 0 Å². The van der Waals surface area contributed by atoms with Crippen LogP contribution in [0.15, 0.2) is 24.3 Å². The standard InChI is InChI=1S/C16H26N2O/c1-17-13-15-5-7-16(8-6-15)14-19-12-11-18-9-3-2-4-10-18/h5-8,17H,2-4,9-14H2,1H3. The number of nitrogens with zero attached hydrogens (tertiary/aromatic N) is 1. The first-order chi connectivity index (χ1) is 9.38. The Hall–Kier alpha value is -0.900. The van der Waals surface area contributed by atoms with E-state index in [2.05, 4.69) is 34.5 Å². The maximum Gasteiger partial charge on any atom is 0.0717 e.